The fraction of sp³-hybridized carbons (Fsp3) is 0.895. The molecule has 0 aliphatic rings. The number of nitrogens with one attached hydrogen (secondary N) is 2. The molecule has 0 unspecified atom stereocenters. The quantitative estimate of drug-likeness (QED) is 0.112. The van der Waals surface area contributed by atoms with Crippen LogP contribution in [-0.2, 0) is 14.3 Å². The van der Waals surface area contributed by atoms with E-state index in [-0.39, 0.29) is 29.9 Å². The Kier molecular flexibility index (Phi) is 23.0. The van der Waals surface area contributed by atoms with E-state index in [1.807, 2.05) is 6.92 Å². The van der Waals surface area contributed by atoms with E-state index in [9.17, 15) is 4.79 Å². The van der Waals surface area contributed by atoms with Crippen molar-refractivity contribution in [3.63, 3.8) is 0 Å². The van der Waals surface area contributed by atoms with E-state index in [1.54, 1.807) is 7.11 Å². The third-order valence-electron chi connectivity index (χ3n) is 3.88. The maximum atomic E-state index is 11.2. The van der Waals surface area contributed by atoms with Crippen LogP contribution >= 0.6 is 24.0 Å². The van der Waals surface area contributed by atoms with Gasteiger partial charge in [0.25, 0.3) is 0 Å². The average molecular weight is 500 g/mol. The molecule has 0 saturated heterocycles. The van der Waals surface area contributed by atoms with E-state index in [4.69, 9.17) is 9.47 Å². The number of hydrogen-bond acceptors (Lipinski definition) is 5. The Morgan fingerprint density at radius 3 is 2.44 bits per heavy atom. The van der Waals surface area contributed by atoms with Gasteiger partial charge in [-0.3, -0.25) is 9.79 Å². The number of ether oxygens (including phenoxy) is 2. The molecule has 0 fully saturated rings. The molecule has 0 rings (SSSR count). The van der Waals surface area contributed by atoms with Crippen LogP contribution in [0.2, 0.25) is 0 Å². The molecule has 27 heavy (non-hydrogen) atoms. The standard InChI is InChI=1S/C19H40N4O3.HI/c1-5-20-19(22-14-16-23(3)15-11-17-25-4)21-13-10-8-7-9-12-18(24)26-6-2;/h5-17H2,1-4H3,(H2,20,21,22);1H. The number of carbonyl (C=O) groups excluding carboxylic acids is 1. The van der Waals surface area contributed by atoms with Gasteiger partial charge in [-0.15, -0.1) is 24.0 Å². The topological polar surface area (TPSA) is 75.2 Å². The summed E-state index contributed by atoms with van der Waals surface area (Å²) in [5.41, 5.74) is 0. The predicted molar refractivity (Wildman–Crippen MR) is 123 cm³/mol. The number of carbonyl (C=O) groups is 1. The average Bonchev–Trinajstić information content (AvgIpc) is 2.61. The van der Waals surface area contributed by atoms with Gasteiger partial charge in [0.1, 0.15) is 0 Å². The summed E-state index contributed by atoms with van der Waals surface area (Å²) in [7, 11) is 3.86. The van der Waals surface area contributed by atoms with E-state index in [0.29, 0.717) is 13.0 Å². The Bertz CT molecular complexity index is 371. The number of nitrogens with zero attached hydrogens (tertiary/aromatic N) is 2. The zero-order valence-corrected chi connectivity index (χ0v) is 20.1. The molecular formula is C19H41IN4O3. The van der Waals surface area contributed by atoms with Crippen molar-refractivity contribution in [2.75, 3.05) is 60.1 Å². The van der Waals surface area contributed by atoms with Crippen molar-refractivity contribution in [2.24, 2.45) is 4.99 Å². The van der Waals surface area contributed by atoms with Crippen LogP contribution in [-0.4, -0.2) is 76.9 Å². The summed E-state index contributed by atoms with van der Waals surface area (Å²) < 4.78 is 10.00. The SMILES string of the molecule is CCNC(=NCCCCCCC(=O)OCC)NCCN(C)CCCOC.I. The van der Waals surface area contributed by atoms with Crippen molar-refractivity contribution in [3.8, 4) is 0 Å². The van der Waals surface area contributed by atoms with Gasteiger partial charge in [0, 0.05) is 52.9 Å². The van der Waals surface area contributed by atoms with Gasteiger partial charge < -0.3 is 25.0 Å². The van der Waals surface area contributed by atoms with Crippen molar-refractivity contribution in [3.05, 3.63) is 0 Å². The number of likely N-dealkylation sites (N-methyl/N-ethyl adjacent to an activating group) is 1. The van der Waals surface area contributed by atoms with Crippen molar-refractivity contribution in [2.45, 2.75) is 52.4 Å². The minimum Gasteiger partial charge on any atom is -0.466 e. The van der Waals surface area contributed by atoms with Crippen LogP contribution in [0.4, 0.5) is 0 Å². The molecule has 8 heteroatoms. The van der Waals surface area contributed by atoms with Crippen LogP contribution < -0.4 is 10.6 Å². The fourth-order valence-electron chi connectivity index (χ4n) is 2.46. The molecule has 0 aromatic rings. The molecule has 0 atom stereocenters. The summed E-state index contributed by atoms with van der Waals surface area (Å²) in [6, 6.07) is 0. The summed E-state index contributed by atoms with van der Waals surface area (Å²) in [6.07, 6.45) is 5.65. The van der Waals surface area contributed by atoms with Crippen molar-refractivity contribution in [1.82, 2.24) is 15.5 Å². The van der Waals surface area contributed by atoms with E-state index >= 15 is 0 Å². The van der Waals surface area contributed by atoms with Gasteiger partial charge in [0.2, 0.25) is 0 Å². The number of halogens is 1. The highest BCUT2D eigenvalue weighted by Gasteiger charge is 2.02. The zero-order valence-electron chi connectivity index (χ0n) is 17.7. The summed E-state index contributed by atoms with van der Waals surface area (Å²) in [5.74, 6) is 0.792. The number of unbranched alkanes of at least 4 members (excludes halogenated alkanes) is 3. The molecule has 162 valence electrons. The minimum absolute atomic E-state index is 0. The van der Waals surface area contributed by atoms with Crippen LogP contribution in [0, 0.1) is 0 Å². The monoisotopic (exact) mass is 500 g/mol. The molecule has 0 saturated carbocycles. The molecule has 0 aromatic heterocycles. The number of guanidine groups is 1. The number of methoxy groups -OCH3 is 1. The number of hydrogen-bond donors (Lipinski definition) is 2. The third kappa shape index (κ3) is 19.9. The number of aliphatic imine (C=N–C) groups is 1. The van der Waals surface area contributed by atoms with Crippen molar-refractivity contribution < 1.29 is 14.3 Å². The van der Waals surface area contributed by atoms with Gasteiger partial charge in [-0.25, -0.2) is 0 Å². The summed E-state index contributed by atoms with van der Waals surface area (Å²) in [4.78, 5) is 18.1. The normalized spacial score (nSPS) is 11.2. The van der Waals surface area contributed by atoms with Crippen molar-refractivity contribution in [1.29, 1.82) is 0 Å². The first-order valence-corrected chi connectivity index (χ1v) is 9.99. The highest BCUT2D eigenvalue weighted by Crippen LogP contribution is 2.04. The van der Waals surface area contributed by atoms with E-state index in [1.165, 1.54) is 0 Å². The maximum absolute atomic E-state index is 11.2. The predicted octanol–water partition coefficient (Wildman–Crippen LogP) is 2.64. The third-order valence-corrected chi connectivity index (χ3v) is 3.88. The summed E-state index contributed by atoms with van der Waals surface area (Å²) >= 11 is 0. The molecule has 0 amide bonds. The second-order valence-electron chi connectivity index (χ2n) is 6.31. The van der Waals surface area contributed by atoms with Gasteiger partial charge in [0.05, 0.1) is 6.61 Å². The molecular weight excluding hydrogens is 459 g/mol. The lowest BCUT2D eigenvalue weighted by atomic mass is 10.1. The largest absolute Gasteiger partial charge is 0.466 e. The molecule has 2 N–H and O–H groups in total. The van der Waals surface area contributed by atoms with Crippen LogP contribution in [0.1, 0.15) is 52.4 Å². The molecule has 0 radical (unpaired) electrons. The molecule has 0 aromatic carbocycles. The minimum atomic E-state index is -0.0867. The maximum Gasteiger partial charge on any atom is 0.305 e. The molecule has 7 nitrogen and oxygen atoms in total. The Hall–Kier alpha value is -0.610. The first-order chi connectivity index (χ1) is 12.6. The van der Waals surface area contributed by atoms with Gasteiger partial charge in [-0.05, 0) is 40.2 Å². The van der Waals surface area contributed by atoms with Crippen LogP contribution in [0.15, 0.2) is 4.99 Å². The van der Waals surface area contributed by atoms with E-state index in [2.05, 4.69) is 34.5 Å². The van der Waals surface area contributed by atoms with Crippen LogP contribution in [0.5, 0.6) is 0 Å². The van der Waals surface area contributed by atoms with Gasteiger partial charge in [-0.1, -0.05) is 12.8 Å². The Morgan fingerprint density at radius 1 is 1.04 bits per heavy atom. The van der Waals surface area contributed by atoms with E-state index in [0.717, 1.165) is 77.4 Å². The summed E-state index contributed by atoms with van der Waals surface area (Å²) in [6.45, 7) is 9.73. The number of rotatable bonds is 16. The molecule has 0 aliphatic carbocycles. The molecule has 0 bridgehead atoms. The van der Waals surface area contributed by atoms with E-state index < -0.39 is 0 Å². The summed E-state index contributed by atoms with van der Waals surface area (Å²) in [5, 5.41) is 6.66. The van der Waals surface area contributed by atoms with Gasteiger partial charge in [0.15, 0.2) is 5.96 Å². The van der Waals surface area contributed by atoms with Crippen LogP contribution in [0.25, 0.3) is 0 Å². The second-order valence-corrected chi connectivity index (χ2v) is 6.31. The lowest BCUT2D eigenvalue weighted by molar-refractivity contribution is -0.143. The second kappa shape index (κ2) is 21.7. The van der Waals surface area contributed by atoms with Gasteiger partial charge >= 0.3 is 5.97 Å². The number of esters is 1. The highest BCUT2D eigenvalue weighted by atomic mass is 127. The smallest absolute Gasteiger partial charge is 0.305 e. The first kappa shape index (κ1) is 28.6. The first-order valence-electron chi connectivity index (χ1n) is 9.99. The Balaban J connectivity index is 0. The lowest BCUT2D eigenvalue weighted by Crippen LogP contribution is -2.41. The molecule has 0 aliphatic heterocycles. The molecule has 0 spiro atoms. The Labute approximate surface area is 183 Å². The zero-order chi connectivity index (χ0) is 19.5. The fourth-order valence-corrected chi connectivity index (χ4v) is 2.46. The highest BCUT2D eigenvalue weighted by molar-refractivity contribution is 14.0. The van der Waals surface area contributed by atoms with Gasteiger partial charge in [-0.2, -0.15) is 0 Å². The van der Waals surface area contributed by atoms with Crippen LogP contribution in [0.3, 0.4) is 0 Å². The molecule has 0 heterocycles. The van der Waals surface area contributed by atoms with Crippen molar-refractivity contribution >= 4 is 35.9 Å². The Morgan fingerprint density at radius 2 is 1.78 bits per heavy atom. The lowest BCUT2D eigenvalue weighted by Gasteiger charge is -2.18.